The highest BCUT2D eigenvalue weighted by Gasteiger charge is 2.16. The smallest absolute Gasteiger partial charge is 0.319 e. The van der Waals surface area contributed by atoms with E-state index in [0.717, 1.165) is 48.6 Å². The van der Waals surface area contributed by atoms with Crippen LogP contribution in [0.2, 0.25) is 0 Å². The Kier molecular flexibility index (Phi) is 4.85. The van der Waals surface area contributed by atoms with Gasteiger partial charge >= 0.3 is 6.03 Å². The first kappa shape index (κ1) is 16.5. The van der Waals surface area contributed by atoms with E-state index in [9.17, 15) is 4.79 Å². The number of aryl methyl sites for hydroxylation is 1. The molecular formula is C18H25N5O. The molecule has 24 heavy (non-hydrogen) atoms. The first-order valence-corrected chi connectivity index (χ1v) is 8.46. The van der Waals surface area contributed by atoms with Gasteiger partial charge in [-0.2, -0.15) is 0 Å². The minimum atomic E-state index is -0.184. The van der Waals surface area contributed by atoms with Crippen molar-refractivity contribution in [2.75, 3.05) is 50.0 Å². The Morgan fingerprint density at radius 1 is 1.21 bits per heavy atom. The van der Waals surface area contributed by atoms with Crippen LogP contribution in [0.15, 0.2) is 24.3 Å². The van der Waals surface area contributed by atoms with E-state index in [1.54, 1.807) is 0 Å². The van der Waals surface area contributed by atoms with Gasteiger partial charge in [0.1, 0.15) is 5.82 Å². The van der Waals surface area contributed by atoms with E-state index in [1.807, 2.05) is 25.1 Å². The zero-order chi connectivity index (χ0) is 17.1. The summed E-state index contributed by atoms with van der Waals surface area (Å²) >= 11 is 0. The summed E-state index contributed by atoms with van der Waals surface area (Å²) in [5.41, 5.74) is 2.92. The average Bonchev–Trinajstić information content (AvgIpc) is 2.56. The number of urea groups is 1. The number of hydrogen-bond acceptors (Lipinski definition) is 4. The third-order valence-corrected chi connectivity index (χ3v) is 4.42. The lowest BCUT2D eigenvalue weighted by Gasteiger charge is -2.33. The molecule has 1 fully saturated rings. The molecule has 1 saturated heterocycles. The van der Waals surface area contributed by atoms with Gasteiger partial charge in [-0.15, -0.1) is 0 Å². The van der Waals surface area contributed by atoms with E-state index < -0.39 is 0 Å². The lowest BCUT2D eigenvalue weighted by atomic mass is 10.1. The van der Waals surface area contributed by atoms with Crippen molar-refractivity contribution >= 4 is 28.4 Å². The van der Waals surface area contributed by atoms with Crippen molar-refractivity contribution < 1.29 is 4.79 Å². The number of aromatic nitrogens is 1. The van der Waals surface area contributed by atoms with Crippen molar-refractivity contribution in [1.29, 1.82) is 0 Å². The molecule has 0 aliphatic carbocycles. The van der Waals surface area contributed by atoms with Crippen LogP contribution in [0.1, 0.15) is 12.5 Å². The monoisotopic (exact) mass is 327 g/mol. The summed E-state index contributed by atoms with van der Waals surface area (Å²) in [6.07, 6.45) is 0. The third kappa shape index (κ3) is 3.59. The molecule has 128 valence electrons. The summed E-state index contributed by atoms with van der Waals surface area (Å²) in [5.74, 6) is 1.04. The molecule has 2 heterocycles. The van der Waals surface area contributed by atoms with Crippen LogP contribution in [0.4, 0.5) is 16.3 Å². The number of benzene rings is 1. The van der Waals surface area contributed by atoms with Gasteiger partial charge in [0.15, 0.2) is 0 Å². The summed E-state index contributed by atoms with van der Waals surface area (Å²) in [4.78, 5) is 21.2. The number of nitrogens with one attached hydrogen (secondary N) is 2. The van der Waals surface area contributed by atoms with Crippen molar-refractivity contribution in [3.63, 3.8) is 0 Å². The maximum Gasteiger partial charge on any atom is 0.319 e. The molecule has 1 aromatic carbocycles. The largest absolute Gasteiger partial charge is 0.354 e. The topological polar surface area (TPSA) is 60.5 Å². The predicted octanol–water partition coefficient (Wildman–Crippen LogP) is 2.44. The predicted molar refractivity (Wildman–Crippen MR) is 98.9 cm³/mol. The number of nitrogens with zero attached hydrogens (tertiary/aromatic N) is 3. The quantitative estimate of drug-likeness (QED) is 0.909. The highest BCUT2D eigenvalue weighted by atomic mass is 16.2. The van der Waals surface area contributed by atoms with Crippen molar-refractivity contribution in [1.82, 2.24) is 15.2 Å². The lowest BCUT2D eigenvalue weighted by Crippen LogP contribution is -2.44. The molecule has 0 spiro atoms. The van der Waals surface area contributed by atoms with Crippen LogP contribution in [-0.2, 0) is 0 Å². The molecule has 0 unspecified atom stereocenters. The number of rotatable bonds is 3. The van der Waals surface area contributed by atoms with Crippen LogP contribution in [0, 0.1) is 6.92 Å². The number of likely N-dealkylation sites (N-methyl/N-ethyl adjacent to an activating group) is 1. The molecule has 1 aliphatic rings. The Morgan fingerprint density at radius 3 is 2.67 bits per heavy atom. The van der Waals surface area contributed by atoms with E-state index in [0.29, 0.717) is 6.54 Å². The first-order valence-electron chi connectivity index (χ1n) is 8.46. The van der Waals surface area contributed by atoms with Crippen LogP contribution in [0.25, 0.3) is 10.9 Å². The van der Waals surface area contributed by atoms with Crippen molar-refractivity contribution in [2.24, 2.45) is 0 Å². The Balaban J connectivity index is 1.85. The Bertz CT molecular complexity index is 738. The SMILES string of the molecule is CCNC(=O)Nc1ccc2nc(N3CCN(C)CC3)cc(C)c2c1. The second-order valence-corrected chi connectivity index (χ2v) is 6.30. The highest BCUT2D eigenvalue weighted by molar-refractivity contribution is 5.93. The first-order chi connectivity index (χ1) is 11.6. The summed E-state index contributed by atoms with van der Waals surface area (Å²) in [6.45, 7) is 8.74. The fourth-order valence-corrected chi connectivity index (χ4v) is 2.99. The van der Waals surface area contributed by atoms with Crippen LogP contribution >= 0.6 is 0 Å². The molecule has 3 rings (SSSR count). The second kappa shape index (κ2) is 7.05. The minimum absolute atomic E-state index is 0.184. The normalized spacial score (nSPS) is 15.5. The van der Waals surface area contributed by atoms with Crippen molar-refractivity contribution in [2.45, 2.75) is 13.8 Å². The molecule has 0 bridgehead atoms. The molecule has 6 heteroatoms. The summed E-state index contributed by atoms with van der Waals surface area (Å²) in [7, 11) is 2.15. The molecule has 2 aromatic rings. The number of pyridine rings is 1. The number of piperazine rings is 1. The standard InChI is InChI=1S/C18H25N5O/c1-4-19-18(24)20-14-5-6-16-15(12-14)13(2)11-17(21-16)23-9-7-22(3)8-10-23/h5-6,11-12H,4,7-10H2,1-3H3,(H2,19,20,24). The number of carbonyl (C=O) groups excluding carboxylic acids is 1. The van der Waals surface area contributed by atoms with Crippen LogP contribution in [-0.4, -0.2) is 55.7 Å². The maximum atomic E-state index is 11.7. The van der Waals surface area contributed by atoms with Gasteiger partial charge in [0, 0.05) is 43.8 Å². The molecule has 6 nitrogen and oxygen atoms in total. The van der Waals surface area contributed by atoms with Gasteiger partial charge in [-0.05, 0) is 50.7 Å². The van der Waals surface area contributed by atoms with Crippen molar-refractivity contribution in [3.8, 4) is 0 Å². The molecule has 1 aromatic heterocycles. The number of fused-ring (bicyclic) bond motifs is 1. The third-order valence-electron chi connectivity index (χ3n) is 4.42. The number of anilines is 2. The van der Waals surface area contributed by atoms with E-state index in [2.05, 4.69) is 40.5 Å². The van der Waals surface area contributed by atoms with Gasteiger partial charge in [0.2, 0.25) is 0 Å². The number of amides is 2. The zero-order valence-electron chi connectivity index (χ0n) is 14.6. The fraction of sp³-hybridized carbons (Fsp3) is 0.444. The Labute approximate surface area is 142 Å². The van der Waals surface area contributed by atoms with E-state index in [1.165, 1.54) is 5.56 Å². The van der Waals surface area contributed by atoms with Gasteiger partial charge in [-0.25, -0.2) is 9.78 Å². The van der Waals surface area contributed by atoms with Gasteiger partial charge in [0.25, 0.3) is 0 Å². The van der Waals surface area contributed by atoms with Crippen molar-refractivity contribution in [3.05, 3.63) is 29.8 Å². The molecule has 2 N–H and O–H groups in total. The van der Waals surface area contributed by atoms with Gasteiger partial charge in [-0.1, -0.05) is 0 Å². The molecule has 0 saturated carbocycles. The van der Waals surface area contributed by atoms with Gasteiger partial charge in [0.05, 0.1) is 5.52 Å². The molecular weight excluding hydrogens is 302 g/mol. The van der Waals surface area contributed by atoms with Crippen LogP contribution < -0.4 is 15.5 Å². The van der Waals surface area contributed by atoms with Gasteiger partial charge < -0.3 is 20.4 Å². The fourth-order valence-electron chi connectivity index (χ4n) is 2.99. The minimum Gasteiger partial charge on any atom is -0.354 e. The van der Waals surface area contributed by atoms with E-state index in [4.69, 9.17) is 4.98 Å². The number of hydrogen-bond donors (Lipinski definition) is 2. The zero-order valence-corrected chi connectivity index (χ0v) is 14.6. The van der Waals surface area contributed by atoms with E-state index >= 15 is 0 Å². The van der Waals surface area contributed by atoms with Crippen LogP contribution in [0.3, 0.4) is 0 Å². The summed E-state index contributed by atoms with van der Waals surface area (Å²) in [6, 6.07) is 7.82. The molecule has 0 radical (unpaired) electrons. The number of carbonyl (C=O) groups is 1. The van der Waals surface area contributed by atoms with Crippen LogP contribution in [0.5, 0.6) is 0 Å². The lowest BCUT2D eigenvalue weighted by molar-refractivity contribution is 0.252. The molecule has 2 amide bonds. The average molecular weight is 327 g/mol. The maximum absolute atomic E-state index is 11.7. The van der Waals surface area contributed by atoms with E-state index in [-0.39, 0.29) is 6.03 Å². The Hall–Kier alpha value is -2.34. The molecule has 1 aliphatic heterocycles. The summed E-state index contributed by atoms with van der Waals surface area (Å²) < 4.78 is 0. The highest BCUT2D eigenvalue weighted by Crippen LogP contribution is 2.25. The Morgan fingerprint density at radius 2 is 1.96 bits per heavy atom. The molecule has 0 atom stereocenters. The summed E-state index contributed by atoms with van der Waals surface area (Å²) in [5, 5.41) is 6.66. The van der Waals surface area contributed by atoms with Gasteiger partial charge in [-0.3, -0.25) is 0 Å². The second-order valence-electron chi connectivity index (χ2n) is 6.30.